The average molecular weight is 212 g/mol. The molecule has 0 spiro atoms. The van der Waals surface area contributed by atoms with Crippen LogP contribution in [-0.4, -0.2) is 4.92 Å². The molecule has 0 aliphatic heterocycles. The van der Waals surface area contributed by atoms with E-state index in [2.05, 4.69) is 6.92 Å². The van der Waals surface area contributed by atoms with Crippen LogP contribution in [0.4, 0.5) is 5.69 Å². The van der Waals surface area contributed by atoms with E-state index in [0.717, 1.165) is 5.56 Å². The molecular weight excluding hydrogens is 202 g/mol. The highest BCUT2D eigenvalue weighted by atomic mass is 16.6. The zero-order chi connectivity index (χ0) is 11.5. The summed E-state index contributed by atoms with van der Waals surface area (Å²) < 4.78 is 0. The molecule has 0 amide bonds. The van der Waals surface area contributed by atoms with Crippen LogP contribution in [0, 0.1) is 17.0 Å². The molecule has 16 heavy (non-hydrogen) atoms. The molecule has 0 aliphatic carbocycles. The first kappa shape index (κ1) is 10.4. The zero-order valence-electron chi connectivity index (χ0n) is 8.59. The van der Waals surface area contributed by atoms with E-state index in [1.807, 2.05) is 30.3 Å². The topological polar surface area (TPSA) is 43.1 Å². The minimum absolute atomic E-state index is 0.0960. The fraction of sp³-hybridized carbons (Fsp3) is 0. The van der Waals surface area contributed by atoms with E-state index < -0.39 is 0 Å². The van der Waals surface area contributed by atoms with Crippen molar-refractivity contribution in [2.45, 2.75) is 0 Å². The first-order chi connectivity index (χ1) is 7.70. The minimum Gasteiger partial charge on any atom is -0.258 e. The molecule has 2 aromatic rings. The van der Waals surface area contributed by atoms with E-state index in [0.29, 0.717) is 11.1 Å². The fourth-order valence-corrected chi connectivity index (χ4v) is 1.68. The van der Waals surface area contributed by atoms with Gasteiger partial charge in [0.2, 0.25) is 0 Å². The summed E-state index contributed by atoms with van der Waals surface area (Å²) >= 11 is 0. The van der Waals surface area contributed by atoms with Crippen molar-refractivity contribution in [3.8, 4) is 11.1 Å². The van der Waals surface area contributed by atoms with Gasteiger partial charge in [0.05, 0.1) is 10.5 Å². The van der Waals surface area contributed by atoms with Gasteiger partial charge < -0.3 is 0 Å². The van der Waals surface area contributed by atoms with Crippen LogP contribution in [0.5, 0.6) is 0 Å². The van der Waals surface area contributed by atoms with Crippen LogP contribution in [0.2, 0.25) is 0 Å². The van der Waals surface area contributed by atoms with Crippen LogP contribution in [0.1, 0.15) is 5.56 Å². The second-order valence-corrected chi connectivity index (χ2v) is 3.43. The van der Waals surface area contributed by atoms with Gasteiger partial charge >= 0.3 is 0 Å². The molecule has 0 unspecified atom stereocenters. The summed E-state index contributed by atoms with van der Waals surface area (Å²) in [6, 6.07) is 14.2. The SMILES string of the molecule is [CH2]c1cccc([N+](=O)[O-])c1-c1ccccc1. The smallest absolute Gasteiger partial charge is 0.258 e. The van der Waals surface area contributed by atoms with Crippen LogP contribution in [0.3, 0.4) is 0 Å². The van der Waals surface area contributed by atoms with Crippen molar-refractivity contribution in [2.75, 3.05) is 0 Å². The molecule has 2 rings (SSSR count). The number of benzene rings is 2. The molecule has 0 N–H and O–H groups in total. The number of hydrogen-bond acceptors (Lipinski definition) is 2. The summed E-state index contributed by atoms with van der Waals surface area (Å²) in [5.74, 6) is 0. The molecule has 0 heterocycles. The highest BCUT2D eigenvalue weighted by Crippen LogP contribution is 2.32. The van der Waals surface area contributed by atoms with Gasteiger partial charge in [-0.15, -0.1) is 0 Å². The number of nitrogens with zero attached hydrogens (tertiary/aromatic N) is 1. The van der Waals surface area contributed by atoms with Crippen LogP contribution in [-0.2, 0) is 0 Å². The predicted molar refractivity (Wildman–Crippen MR) is 63.0 cm³/mol. The highest BCUT2D eigenvalue weighted by Gasteiger charge is 2.16. The molecule has 0 bridgehead atoms. The molecule has 0 fully saturated rings. The van der Waals surface area contributed by atoms with Crippen molar-refractivity contribution < 1.29 is 4.92 Å². The lowest BCUT2D eigenvalue weighted by atomic mass is 9.99. The Morgan fingerprint density at radius 1 is 1.00 bits per heavy atom. The Morgan fingerprint density at radius 2 is 1.69 bits per heavy atom. The highest BCUT2D eigenvalue weighted by molar-refractivity contribution is 5.77. The Labute approximate surface area is 93.5 Å². The molecule has 1 radical (unpaired) electrons. The fourth-order valence-electron chi connectivity index (χ4n) is 1.68. The second-order valence-electron chi connectivity index (χ2n) is 3.43. The minimum atomic E-state index is -0.378. The number of rotatable bonds is 2. The van der Waals surface area contributed by atoms with Crippen molar-refractivity contribution >= 4 is 5.69 Å². The van der Waals surface area contributed by atoms with Crippen LogP contribution >= 0.6 is 0 Å². The first-order valence-corrected chi connectivity index (χ1v) is 4.85. The van der Waals surface area contributed by atoms with E-state index in [1.54, 1.807) is 12.1 Å². The lowest BCUT2D eigenvalue weighted by Crippen LogP contribution is -1.93. The number of nitro groups is 1. The Morgan fingerprint density at radius 3 is 2.31 bits per heavy atom. The Kier molecular flexibility index (Phi) is 2.68. The largest absolute Gasteiger partial charge is 0.277 e. The standard InChI is InChI=1S/C13H10NO2/c1-10-6-5-9-12(14(15)16)13(10)11-7-3-2-4-8-11/h2-9H,1H2. The summed E-state index contributed by atoms with van der Waals surface area (Å²) in [5.41, 5.74) is 2.17. The maximum atomic E-state index is 10.9. The molecule has 79 valence electrons. The first-order valence-electron chi connectivity index (χ1n) is 4.85. The molecule has 0 aromatic heterocycles. The molecule has 0 saturated carbocycles. The van der Waals surface area contributed by atoms with Gasteiger partial charge in [0.15, 0.2) is 0 Å². The summed E-state index contributed by atoms with van der Waals surface area (Å²) in [6.07, 6.45) is 0. The average Bonchev–Trinajstić information content (AvgIpc) is 2.29. The van der Waals surface area contributed by atoms with Crippen molar-refractivity contribution in [3.63, 3.8) is 0 Å². The van der Waals surface area contributed by atoms with Crippen molar-refractivity contribution in [1.29, 1.82) is 0 Å². The molecular formula is C13H10NO2. The molecule has 0 saturated heterocycles. The summed E-state index contributed by atoms with van der Waals surface area (Å²) in [7, 11) is 0. The molecule has 0 atom stereocenters. The molecule has 0 aliphatic rings. The molecule has 2 aromatic carbocycles. The summed E-state index contributed by atoms with van der Waals surface area (Å²) in [4.78, 5) is 10.5. The van der Waals surface area contributed by atoms with Gasteiger partial charge in [0, 0.05) is 6.07 Å². The third kappa shape index (κ3) is 1.80. The quantitative estimate of drug-likeness (QED) is 0.565. The van der Waals surface area contributed by atoms with Gasteiger partial charge in [0.1, 0.15) is 0 Å². The van der Waals surface area contributed by atoms with Gasteiger partial charge in [-0.05, 0) is 18.1 Å². The van der Waals surface area contributed by atoms with Crippen molar-refractivity contribution in [1.82, 2.24) is 0 Å². The zero-order valence-corrected chi connectivity index (χ0v) is 8.59. The van der Waals surface area contributed by atoms with E-state index >= 15 is 0 Å². The third-order valence-electron chi connectivity index (χ3n) is 2.39. The van der Waals surface area contributed by atoms with Crippen molar-refractivity contribution in [3.05, 3.63) is 71.1 Å². The van der Waals surface area contributed by atoms with Crippen LogP contribution in [0.15, 0.2) is 48.5 Å². The summed E-state index contributed by atoms with van der Waals surface area (Å²) in [5, 5.41) is 10.9. The molecule has 3 heteroatoms. The third-order valence-corrected chi connectivity index (χ3v) is 2.39. The van der Waals surface area contributed by atoms with E-state index in [9.17, 15) is 10.1 Å². The monoisotopic (exact) mass is 212 g/mol. The van der Waals surface area contributed by atoms with Crippen molar-refractivity contribution in [2.24, 2.45) is 0 Å². The van der Waals surface area contributed by atoms with E-state index in [-0.39, 0.29) is 10.6 Å². The van der Waals surface area contributed by atoms with Gasteiger partial charge in [-0.2, -0.15) is 0 Å². The maximum Gasteiger partial charge on any atom is 0.277 e. The van der Waals surface area contributed by atoms with Crippen LogP contribution in [0.25, 0.3) is 11.1 Å². The van der Waals surface area contributed by atoms with Gasteiger partial charge in [-0.1, -0.05) is 42.5 Å². The van der Waals surface area contributed by atoms with Gasteiger partial charge in [-0.25, -0.2) is 0 Å². The van der Waals surface area contributed by atoms with Crippen LogP contribution < -0.4 is 0 Å². The van der Waals surface area contributed by atoms with E-state index in [4.69, 9.17) is 0 Å². The molecule has 3 nitrogen and oxygen atoms in total. The number of hydrogen-bond donors (Lipinski definition) is 0. The Balaban J connectivity index is 2.68. The summed E-state index contributed by atoms with van der Waals surface area (Å²) in [6.45, 7) is 3.84. The Bertz CT molecular complexity index is 521. The normalized spacial score (nSPS) is 10.1. The van der Waals surface area contributed by atoms with E-state index in [1.165, 1.54) is 6.07 Å². The van der Waals surface area contributed by atoms with Gasteiger partial charge in [-0.3, -0.25) is 10.1 Å². The number of nitro benzene ring substituents is 1. The lowest BCUT2D eigenvalue weighted by molar-refractivity contribution is -0.384. The lowest BCUT2D eigenvalue weighted by Gasteiger charge is -2.06. The second kappa shape index (κ2) is 4.14. The van der Waals surface area contributed by atoms with Gasteiger partial charge in [0.25, 0.3) is 5.69 Å². The Hall–Kier alpha value is -2.16. The maximum absolute atomic E-state index is 10.9. The predicted octanol–water partition coefficient (Wildman–Crippen LogP) is 3.44.